The summed E-state index contributed by atoms with van der Waals surface area (Å²) in [6.07, 6.45) is 0.632. The summed E-state index contributed by atoms with van der Waals surface area (Å²) >= 11 is 0. The number of hydrogen-bond donors (Lipinski definition) is 1. The Morgan fingerprint density at radius 2 is 1.75 bits per heavy atom. The van der Waals surface area contributed by atoms with E-state index < -0.39 is 10.9 Å². The molecule has 1 aliphatic rings. The van der Waals surface area contributed by atoms with Crippen LogP contribution in [-0.2, 0) is 11.2 Å². The quantitative estimate of drug-likeness (QED) is 0.607. The van der Waals surface area contributed by atoms with Crippen LogP contribution in [0.3, 0.4) is 0 Å². The molecule has 1 amide bonds. The number of carboxylic acid groups (broad SMARTS) is 1. The second-order valence-corrected chi connectivity index (χ2v) is 6.61. The molecule has 8 nitrogen and oxygen atoms in total. The van der Waals surface area contributed by atoms with Crippen LogP contribution in [0.4, 0.5) is 11.4 Å². The molecule has 1 fully saturated rings. The lowest BCUT2D eigenvalue weighted by molar-refractivity contribution is -0.384. The molecule has 2 aromatic carbocycles. The van der Waals surface area contributed by atoms with Gasteiger partial charge in [0, 0.05) is 50.4 Å². The number of nitro groups is 1. The van der Waals surface area contributed by atoms with Crippen LogP contribution in [-0.4, -0.2) is 53.0 Å². The maximum Gasteiger partial charge on any atom is 0.335 e. The first-order valence-corrected chi connectivity index (χ1v) is 9.04. The highest BCUT2D eigenvalue weighted by Crippen LogP contribution is 2.22. The Balaban J connectivity index is 1.55. The molecule has 0 aliphatic carbocycles. The first kappa shape index (κ1) is 19.3. The van der Waals surface area contributed by atoms with Crippen LogP contribution in [0.2, 0.25) is 0 Å². The normalized spacial score (nSPS) is 14.0. The number of carbonyl (C=O) groups excluding carboxylic acids is 1. The van der Waals surface area contributed by atoms with Crippen LogP contribution in [0.5, 0.6) is 0 Å². The first-order valence-electron chi connectivity index (χ1n) is 9.04. The molecule has 0 atom stereocenters. The largest absolute Gasteiger partial charge is 0.478 e. The third-order valence-corrected chi connectivity index (χ3v) is 4.89. The fourth-order valence-electron chi connectivity index (χ4n) is 3.36. The van der Waals surface area contributed by atoms with Crippen molar-refractivity contribution in [3.05, 3.63) is 69.8 Å². The molecular weight excluding hydrogens is 362 g/mol. The number of hydrogen-bond acceptors (Lipinski definition) is 5. The number of carbonyl (C=O) groups is 2. The number of nitrogens with zero attached hydrogens (tertiary/aromatic N) is 3. The number of carboxylic acids is 1. The topological polar surface area (TPSA) is 104 Å². The maximum absolute atomic E-state index is 12.5. The molecule has 1 heterocycles. The van der Waals surface area contributed by atoms with Gasteiger partial charge >= 0.3 is 5.97 Å². The molecule has 0 saturated carbocycles. The second kappa shape index (κ2) is 8.51. The molecule has 0 radical (unpaired) electrons. The molecule has 146 valence electrons. The lowest BCUT2D eigenvalue weighted by atomic mass is 10.0. The Bertz CT molecular complexity index is 891. The fraction of sp³-hybridized carbons (Fsp3) is 0.300. The van der Waals surface area contributed by atoms with Crippen molar-refractivity contribution in [2.24, 2.45) is 0 Å². The third-order valence-electron chi connectivity index (χ3n) is 4.89. The summed E-state index contributed by atoms with van der Waals surface area (Å²) in [6, 6.07) is 13.2. The van der Waals surface area contributed by atoms with Gasteiger partial charge in [0.25, 0.3) is 5.69 Å². The number of rotatable bonds is 6. The lowest BCUT2D eigenvalue weighted by Gasteiger charge is -2.36. The Labute approximate surface area is 162 Å². The minimum Gasteiger partial charge on any atom is -0.478 e. The predicted molar refractivity (Wildman–Crippen MR) is 104 cm³/mol. The van der Waals surface area contributed by atoms with Crippen molar-refractivity contribution in [3.8, 4) is 0 Å². The van der Waals surface area contributed by atoms with E-state index in [2.05, 4.69) is 0 Å². The zero-order chi connectivity index (χ0) is 20.1. The van der Waals surface area contributed by atoms with Gasteiger partial charge < -0.3 is 14.9 Å². The number of benzene rings is 2. The van der Waals surface area contributed by atoms with E-state index in [9.17, 15) is 24.8 Å². The highest BCUT2D eigenvalue weighted by molar-refractivity contribution is 5.89. The van der Waals surface area contributed by atoms with E-state index in [0.717, 1.165) is 5.69 Å². The number of piperazine rings is 1. The molecule has 28 heavy (non-hydrogen) atoms. The summed E-state index contributed by atoms with van der Waals surface area (Å²) < 4.78 is 0. The zero-order valence-corrected chi connectivity index (χ0v) is 15.3. The monoisotopic (exact) mass is 383 g/mol. The predicted octanol–water partition coefficient (Wildman–Crippen LogP) is 2.57. The Kier molecular flexibility index (Phi) is 5.88. The fourth-order valence-corrected chi connectivity index (χ4v) is 3.36. The van der Waals surface area contributed by atoms with Crippen LogP contribution in [0.25, 0.3) is 0 Å². The minimum absolute atomic E-state index is 0.0149. The van der Waals surface area contributed by atoms with E-state index in [1.165, 1.54) is 6.07 Å². The van der Waals surface area contributed by atoms with E-state index in [4.69, 9.17) is 0 Å². The van der Waals surface area contributed by atoms with Crippen molar-refractivity contribution in [1.29, 1.82) is 0 Å². The van der Waals surface area contributed by atoms with Gasteiger partial charge in [0.05, 0.1) is 10.5 Å². The van der Waals surface area contributed by atoms with E-state index >= 15 is 0 Å². The van der Waals surface area contributed by atoms with E-state index in [1.54, 1.807) is 41.3 Å². The number of amides is 1. The molecule has 8 heteroatoms. The minimum atomic E-state index is -0.992. The van der Waals surface area contributed by atoms with Gasteiger partial charge in [-0.05, 0) is 24.1 Å². The molecule has 1 saturated heterocycles. The van der Waals surface area contributed by atoms with Gasteiger partial charge in [0.1, 0.15) is 0 Å². The molecule has 1 aliphatic heterocycles. The number of aromatic carboxylic acids is 1. The van der Waals surface area contributed by atoms with Gasteiger partial charge in [0.2, 0.25) is 5.91 Å². The van der Waals surface area contributed by atoms with Gasteiger partial charge in [-0.25, -0.2) is 4.79 Å². The van der Waals surface area contributed by atoms with Crippen molar-refractivity contribution in [2.45, 2.75) is 12.8 Å². The summed E-state index contributed by atoms with van der Waals surface area (Å²) in [6.45, 7) is 2.25. The first-order chi connectivity index (χ1) is 13.5. The van der Waals surface area contributed by atoms with Crippen molar-refractivity contribution < 1.29 is 19.6 Å². The van der Waals surface area contributed by atoms with Crippen LogP contribution in [0.15, 0.2) is 48.5 Å². The number of nitro benzene ring substituents is 1. The van der Waals surface area contributed by atoms with E-state index in [0.29, 0.717) is 38.2 Å². The highest BCUT2D eigenvalue weighted by atomic mass is 16.6. The molecule has 0 unspecified atom stereocenters. The van der Waals surface area contributed by atoms with Crippen LogP contribution >= 0.6 is 0 Å². The Morgan fingerprint density at radius 1 is 1.04 bits per heavy atom. The lowest BCUT2D eigenvalue weighted by Crippen LogP contribution is -2.48. The van der Waals surface area contributed by atoms with Crippen molar-refractivity contribution in [2.75, 3.05) is 31.1 Å². The van der Waals surface area contributed by atoms with Gasteiger partial charge in [0.15, 0.2) is 0 Å². The molecule has 0 aromatic heterocycles. The number of non-ortho nitro benzene ring substituents is 1. The summed E-state index contributed by atoms with van der Waals surface area (Å²) in [5, 5.41) is 20.2. The Hall–Kier alpha value is -3.42. The van der Waals surface area contributed by atoms with Gasteiger partial charge in [-0.3, -0.25) is 14.9 Å². The summed E-state index contributed by atoms with van der Waals surface area (Å²) in [5.41, 5.74) is 1.70. The van der Waals surface area contributed by atoms with Crippen LogP contribution < -0.4 is 4.90 Å². The zero-order valence-electron chi connectivity index (χ0n) is 15.3. The van der Waals surface area contributed by atoms with Gasteiger partial charge in [-0.15, -0.1) is 0 Å². The summed E-state index contributed by atoms with van der Waals surface area (Å²) in [4.78, 5) is 38.1. The average Bonchev–Trinajstić information content (AvgIpc) is 2.72. The standard InChI is InChI=1S/C20H21N3O5/c24-19(9-8-15-4-1-2-7-18(15)20(25)26)22-12-10-21(11-13-22)16-5-3-6-17(14-16)23(27)28/h1-7,14H,8-13H2,(H,25,26). The third kappa shape index (κ3) is 4.46. The molecule has 0 spiro atoms. The van der Waals surface area contributed by atoms with Crippen molar-refractivity contribution in [3.63, 3.8) is 0 Å². The van der Waals surface area contributed by atoms with Crippen molar-refractivity contribution in [1.82, 2.24) is 4.90 Å². The molecule has 0 bridgehead atoms. The van der Waals surface area contributed by atoms with E-state index in [1.807, 2.05) is 11.0 Å². The molecule has 3 rings (SSSR count). The van der Waals surface area contributed by atoms with Crippen LogP contribution in [0.1, 0.15) is 22.3 Å². The number of aryl methyl sites for hydroxylation is 1. The molecular formula is C20H21N3O5. The van der Waals surface area contributed by atoms with E-state index in [-0.39, 0.29) is 23.6 Å². The maximum atomic E-state index is 12.5. The van der Waals surface area contributed by atoms with Crippen LogP contribution in [0, 0.1) is 10.1 Å². The average molecular weight is 383 g/mol. The Morgan fingerprint density at radius 3 is 2.43 bits per heavy atom. The molecule has 2 aromatic rings. The van der Waals surface area contributed by atoms with Gasteiger partial charge in [-0.1, -0.05) is 24.3 Å². The van der Waals surface area contributed by atoms with Gasteiger partial charge in [-0.2, -0.15) is 0 Å². The summed E-state index contributed by atoms with van der Waals surface area (Å²) in [7, 11) is 0. The SMILES string of the molecule is O=C(O)c1ccccc1CCC(=O)N1CCN(c2cccc([N+](=O)[O-])c2)CC1. The molecule has 1 N–H and O–H groups in total. The smallest absolute Gasteiger partial charge is 0.335 e. The van der Waals surface area contributed by atoms with Crippen molar-refractivity contribution >= 4 is 23.3 Å². The number of anilines is 1. The summed E-state index contributed by atoms with van der Waals surface area (Å²) in [5.74, 6) is -1.01. The second-order valence-electron chi connectivity index (χ2n) is 6.61. The highest BCUT2D eigenvalue weighted by Gasteiger charge is 2.22.